The highest BCUT2D eigenvalue weighted by Crippen LogP contribution is 2.25. The number of aliphatic carboxylic acids is 2. The third-order valence-corrected chi connectivity index (χ3v) is 3.20. The second-order valence-corrected chi connectivity index (χ2v) is 4.72. The summed E-state index contributed by atoms with van der Waals surface area (Å²) in [6, 6.07) is 3.66. The van der Waals surface area contributed by atoms with Crippen molar-refractivity contribution in [3.8, 4) is 5.75 Å². The van der Waals surface area contributed by atoms with E-state index in [1.807, 2.05) is 0 Å². The van der Waals surface area contributed by atoms with E-state index in [4.69, 9.17) is 14.9 Å². The monoisotopic (exact) mass is 293 g/mol. The van der Waals surface area contributed by atoms with Crippen LogP contribution in [-0.2, 0) is 16.0 Å². The molecule has 21 heavy (non-hydrogen) atoms. The van der Waals surface area contributed by atoms with Crippen molar-refractivity contribution in [1.29, 1.82) is 0 Å². The Morgan fingerprint density at radius 3 is 2.71 bits per heavy atom. The first kappa shape index (κ1) is 14.8. The smallest absolute Gasteiger partial charge is 0.326 e. The maximum Gasteiger partial charge on any atom is 0.326 e. The molecule has 0 bridgehead atoms. The molecule has 0 aromatic heterocycles. The van der Waals surface area contributed by atoms with Crippen molar-refractivity contribution in [3.63, 3.8) is 0 Å². The Labute approximate surface area is 120 Å². The van der Waals surface area contributed by atoms with Crippen LogP contribution in [0.1, 0.15) is 28.8 Å². The van der Waals surface area contributed by atoms with Gasteiger partial charge >= 0.3 is 11.9 Å². The molecular weight excluding hydrogens is 278 g/mol. The number of benzene rings is 1. The van der Waals surface area contributed by atoms with Gasteiger partial charge in [0, 0.05) is 18.4 Å². The number of nitrogens with one attached hydrogen (secondary N) is 1. The first-order valence-corrected chi connectivity index (χ1v) is 6.48. The van der Waals surface area contributed by atoms with E-state index in [1.165, 1.54) is 0 Å². The fourth-order valence-electron chi connectivity index (χ4n) is 2.09. The van der Waals surface area contributed by atoms with Gasteiger partial charge in [0.15, 0.2) is 0 Å². The van der Waals surface area contributed by atoms with Crippen molar-refractivity contribution >= 4 is 17.8 Å². The van der Waals surface area contributed by atoms with Gasteiger partial charge in [0.25, 0.3) is 5.91 Å². The van der Waals surface area contributed by atoms with Crippen LogP contribution in [0.25, 0.3) is 0 Å². The number of ether oxygens (including phenoxy) is 1. The number of hydrogen-bond donors (Lipinski definition) is 3. The lowest BCUT2D eigenvalue weighted by Gasteiger charge is -2.13. The number of carboxylic acid groups (broad SMARTS) is 2. The largest absolute Gasteiger partial charge is 0.493 e. The van der Waals surface area contributed by atoms with Crippen molar-refractivity contribution in [2.45, 2.75) is 25.3 Å². The molecule has 1 aromatic rings. The molecule has 2 rings (SSSR count). The van der Waals surface area contributed by atoms with Crippen LogP contribution in [0.2, 0.25) is 0 Å². The van der Waals surface area contributed by atoms with Gasteiger partial charge in [0.2, 0.25) is 0 Å². The van der Waals surface area contributed by atoms with E-state index >= 15 is 0 Å². The predicted molar refractivity (Wildman–Crippen MR) is 71.4 cm³/mol. The van der Waals surface area contributed by atoms with Gasteiger partial charge < -0.3 is 20.3 Å². The number of carboxylic acids is 2. The average molecular weight is 293 g/mol. The van der Waals surface area contributed by atoms with E-state index in [9.17, 15) is 14.4 Å². The summed E-state index contributed by atoms with van der Waals surface area (Å²) in [5.74, 6) is -2.17. The highest BCUT2D eigenvalue weighted by molar-refractivity contribution is 5.97. The molecule has 0 radical (unpaired) electrons. The Morgan fingerprint density at radius 1 is 1.29 bits per heavy atom. The van der Waals surface area contributed by atoms with Crippen LogP contribution in [0.15, 0.2) is 18.2 Å². The molecule has 0 saturated heterocycles. The van der Waals surface area contributed by atoms with Gasteiger partial charge in [-0.15, -0.1) is 0 Å². The maximum atomic E-state index is 12.0. The average Bonchev–Trinajstić information content (AvgIpc) is 2.89. The number of hydrogen-bond acceptors (Lipinski definition) is 4. The number of carbonyl (C=O) groups is 3. The van der Waals surface area contributed by atoms with Gasteiger partial charge in [-0.2, -0.15) is 0 Å². The first-order valence-electron chi connectivity index (χ1n) is 6.48. The molecule has 3 N–H and O–H groups in total. The molecule has 1 atom stereocenters. The van der Waals surface area contributed by atoms with Gasteiger partial charge in [-0.3, -0.25) is 9.59 Å². The summed E-state index contributed by atoms with van der Waals surface area (Å²) in [5, 5.41) is 19.9. The van der Waals surface area contributed by atoms with Gasteiger partial charge in [-0.25, -0.2) is 4.79 Å². The van der Waals surface area contributed by atoms with E-state index in [0.717, 1.165) is 11.3 Å². The van der Waals surface area contributed by atoms with Crippen LogP contribution in [0, 0.1) is 0 Å². The fourth-order valence-corrected chi connectivity index (χ4v) is 2.09. The number of fused-ring (bicyclic) bond motifs is 1. The quantitative estimate of drug-likeness (QED) is 0.710. The molecule has 0 unspecified atom stereocenters. The van der Waals surface area contributed by atoms with E-state index in [0.29, 0.717) is 18.6 Å². The Hall–Kier alpha value is -2.57. The van der Waals surface area contributed by atoms with Gasteiger partial charge in [0.1, 0.15) is 11.8 Å². The van der Waals surface area contributed by atoms with Crippen molar-refractivity contribution in [3.05, 3.63) is 29.3 Å². The van der Waals surface area contributed by atoms with Crippen molar-refractivity contribution < 1.29 is 29.3 Å². The van der Waals surface area contributed by atoms with Crippen LogP contribution in [0.5, 0.6) is 5.75 Å². The lowest BCUT2D eigenvalue weighted by Crippen LogP contribution is -2.41. The van der Waals surface area contributed by atoms with Crippen molar-refractivity contribution in [1.82, 2.24) is 5.32 Å². The normalized spacial score (nSPS) is 13.9. The van der Waals surface area contributed by atoms with Crippen LogP contribution in [0.4, 0.5) is 0 Å². The zero-order chi connectivity index (χ0) is 15.4. The van der Waals surface area contributed by atoms with E-state index in [-0.39, 0.29) is 12.8 Å². The highest BCUT2D eigenvalue weighted by atomic mass is 16.5. The van der Waals surface area contributed by atoms with Crippen LogP contribution in [-0.4, -0.2) is 40.7 Å². The molecule has 0 saturated carbocycles. The number of carbonyl (C=O) groups excluding carboxylic acids is 1. The molecule has 7 heteroatoms. The third kappa shape index (κ3) is 3.71. The zero-order valence-corrected chi connectivity index (χ0v) is 11.2. The summed E-state index contributed by atoms with van der Waals surface area (Å²) in [6.07, 6.45) is 0.220. The van der Waals surface area contributed by atoms with Crippen LogP contribution >= 0.6 is 0 Å². The summed E-state index contributed by atoms with van der Waals surface area (Å²) >= 11 is 0. The van der Waals surface area contributed by atoms with Gasteiger partial charge in [-0.1, -0.05) is 0 Å². The van der Waals surface area contributed by atoms with E-state index in [2.05, 4.69) is 5.32 Å². The predicted octanol–water partition coefficient (Wildman–Crippen LogP) is 0.669. The third-order valence-electron chi connectivity index (χ3n) is 3.20. The molecule has 1 amide bonds. The Balaban J connectivity index is 2.04. The molecule has 0 spiro atoms. The number of rotatable bonds is 6. The second kappa shape index (κ2) is 6.25. The Morgan fingerprint density at radius 2 is 2.05 bits per heavy atom. The molecule has 1 aliphatic heterocycles. The molecular formula is C14H15NO6. The lowest BCUT2D eigenvalue weighted by molar-refractivity contribution is -0.140. The van der Waals surface area contributed by atoms with Gasteiger partial charge in [-0.05, 0) is 30.2 Å². The molecule has 0 fully saturated rings. The second-order valence-electron chi connectivity index (χ2n) is 4.72. The summed E-state index contributed by atoms with van der Waals surface area (Å²) in [5.41, 5.74) is 1.24. The van der Waals surface area contributed by atoms with Crippen LogP contribution < -0.4 is 10.1 Å². The summed E-state index contributed by atoms with van der Waals surface area (Å²) < 4.78 is 5.33. The van der Waals surface area contributed by atoms with Crippen molar-refractivity contribution in [2.75, 3.05) is 6.61 Å². The molecule has 112 valence electrons. The van der Waals surface area contributed by atoms with E-state index in [1.54, 1.807) is 18.2 Å². The summed E-state index contributed by atoms with van der Waals surface area (Å²) in [7, 11) is 0. The molecule has 7 nitrogen and oxygen atoms in total. The Bertz CT molecular complexity index is 583. The Kier molecular flexibility index (Phi) is 4.42. The minimum Gasteiger partial charge on any atom is -0.493 e. The topological polar surface area (TPSA) is 113 Å². The minimum atomic E-state index is -1.26. The molecule has 1 heterocycles. The van der Waals surface area contributed by atoms with E-state index < -0.39 is 23.9 Å². The van der Waals surface area contributed by atoms with Crippen LogP contribution in [0.3, 0.4) is 0 Å². The molecule has 0 aliphatic carbocycles. The molecule has 1 aromatic carbocycles. The standard InChI is InChI=1S/C14H15NO6/c16-12(17)4-2-10(14(19)20)15-13(18)9-1-3-11-8(7-9)5-6-21-11/h1,3,7,10H,2,4-6H2,(H,15,18)(H,16,17)(H,19,20)/t10-/m0/s1. The minimum absolute atomic E-state index is 0.162. The summed E-state index contributed by atoms with van der Waals surface area (Å²) in [6.45, 7) is 0.566. The highest BCUT2D eigenvalue weighted by Gasteiger charge is 2.22. The van der Waals surface area contributed by atoms with Gasteiger partial charge in [0.05, 0.1) is 6.61 Å². The SMILES string of the molecule is O=C(O)CC[C@H](NC(=O)c1ccc2c(c1)CCO2)C(=O)O. The molecule has 1 aliphatic rings. The summed E-state index contributed by atoms with van der Waals surface area (Å²) in [4.78, 5) is 33.6. The zero-order valence-electron chi connectivity index (χ0n) is 11.2. The lowest BCUT2D eigenvalue weighted by atomic mass is 10.1. The van der Waals surface area contributed by atoms with Crippen molar-refractivity contribution in [2.24, 2.45) is 0 Å². The first-order chi connectivity index (χ1) is 9.97. The maximum absolute atomic E-state index is 12.0. The fraction of sp³-hybridized carbons (Fsp3) is 0.357. The number of amides is 1.